The zero-order valence-electron chi connectivity index (χ0n) is 6.63. The Morgan fingerprint density at radius 1 is 1.70 bits per heavy atom. The van der Waals surface area contributed by atoms with E-state index in [0.717, 1.165) is 4.74 Å². The van der Waals surface area contributed by atoms with E-state index in [1.807, 2.05) is 4.90 Å². The van der Waals surface area contributed by atoms with Crippen LogP contribution in [-0.2, 0) is 0 Å². The van der Waals surface area contributed by atoms with E-state index in [2.05, 4.69) is 41.3 Å². The van der Waals surface area contributed by atoms with Crippen LogP contribution in [0.2, 0.25) is 0 Å². The Morgan fingerprint density at radius 3 is 2.30 bits per heavy atom. The Bertz CT molecular complexity index is 141. The molecule has 0 unspecified atom stereocenters. The van der Waals surface area contributed by atoms with Gasteiger partial charge in [0.1, 0.15) is 0 Å². The van der Waals surface area contributed by atoms with Crippen molar-refractivity contribution in [2.75, 3.05) is 7.05 Å². The molecule has 0 amide bonds. The van der Waals surface area contributed by atoms with Crippen molar-refractivity contribution in [3.05, 3.63) is 12.8 Å². The Kier molecular flexibility index (Phi) is 4.36. The van der Waals surface area contributed by atoms with E-state index < -0.39 is 0 Å². The molecule has 0 aliphatic rings. The molecular weight excluding hydrogens is 192 g/mol. The molecule has 0 fully saturated rings. The summed E-state index contributed by atoms with van der Waals surface area (Å²) in [5.41, 5.74) is 0. The first-order chi connectivity index (χ1) is 4.63. The summed E-state index contributed by atoms with van der Waals surface area (Å²) >= 11 is 3.31. The predicted octanol–water partition coefficient (Wildman–Crippen LogP) is 2.22. The van der Waals surface area contributed by atoms with Gasteiger partial charge in [-0.1, -0.05) is 6.58 Å². The van der Waals surface area contributed by atoms with Crippen molar-refractivity contribution in [1.82, 2.24) is 4.90 Å². The highest BCUT2D eigenvalue weighted by atomic mass is 79.9. The largest absolute Gasteiger partial charge is 0.326 e. The first-order valence-corrected chi connectivity index (χ1v) is 3.96. The zero-order valence-corrected chi connectivity index (χ0v) is 8.22. The molecule has 10 heavy (non-hydrogen) atoms. The zero-order chi connectivity index (χ0) is 8.15. The summed E-state index contributed by atoms with van der Waals surface area (Å²) in [6.07, 6.45) is 1.75. The number of hydrogen-bond donors (Lipinski definition) is 0. The Labute approximate surface area is 70.8 Å². The first kappa shape index (κ1) is 9.69. The molecule has 0 spiro atoms. The Hall–Kier alpha value is -0.310. The molecule has 0 aromatic heterocycles. The highest BCUT2D eigenvalue weighted by Gasteiger charge is 2.06. The average molecular weight is 205 g/mol. The minimum Gasteiger partial charge on any atom is -0.326 e. The van der Waals surface area contributed by atoms with Crippen LogP contribution in [0.1, 0.15) is 13.8 Å². The second-order valence-corrected chi connectivity index (χ2v) is 2.89. The minimum absolute atomic E-state index is 0.399. The van der Waals surface area contributed by atoms with Crippen LogP contribution < -0.4 is 0 Å². The highest BCUT2D eigenvalue weighted by molar-refractivity contribution is 9.18. The number of halogens is 1. The third-order valence-electron chi connectivity index (χ3n) is 1.15. The van der Waals surface area contributed by atoms with Crippen molar-refractivity contribution >= 4 is 20.7 Å². The van der Waals surface area contributed by atoms with Crippen LogP contribution in [0.3, 0.4) is 0 Å². The summed E-state index contributed by atoms with van der Waals surface area (Å²) in [5.74, 6) is 0. The predicted molar refractivity (Wildman–Crippen MR) is 49.5 cm³/mol. The van der Waals surface area contributed by atoms with E-state index in [9.17, 15) is 0 Å². The van der Waals surface area contributed by atoms with Gasteiger partial charge < -0.3 is 4.90 Å². The van der Waals surface area contributed by atoms with Gasteiger partial charge in [0.2, 0.25) is 0 Å². The monoisotopic (exact) mass is 204 g/mol. The third kappa shape index (κ3) is 2.52. The number of aliphatic imine (C=N–C) groups is 1. The quantitative estimate of drug-likeness (QED) is 0.383. The Balaban J connectivity index is 4.21. The van der Waals surface area contributed by atoms with Gasteiger partial charge in [0.05, 0.1) is 0 Å². The maximum Gasteiger partial charge on any atom is 0.172 e. The number of amidine groups is 1. The fourth-order valence-electron chi connectivity index (χ4n) is 0.615. The van der Waals surface area contributed by atoms with Gasteiger partial charge in [0.25, 0.3) is 0 Å². The van der Waals surface area contributed by atoms with E-state index >= 15 is 0 Å². The maximum atomic E-state index is 3.97. The van der Waals surface area contributed by atoms with Gasteiger partial charge in [-0.05, 0) is 36.0 Å². The lowest BCUT2D eigenvalue weighted by Gasteiger charge is -2.21. The molecule has 0 atom stereocenters. The number of hydrogen-bond acceptors (Lipinski definition) is 1. The molecule has 3 heteroatoms. The van der Waals surface area contributed by atoms with Crippen molar-refractivity contribution in [3.63, 3.8) is 0 Å². The van der Waals surface area contributed by atoms with Crippen LogP contribution in [-0.4, -0.2) is 22.7 Å². The van der Waals surface area contributed by atoms with E-state index in [4.69, 9.17) is 0 Å². The lowest BCUT2D eigenvalue weighted by molar-refractivity contribution is 0.468. The van der Waals surface area contributed by atoms with E-state index in [1.54, 1.807) is 13.2 Å². The van der Waals surface area contributed by atoms with Crippen molar-refractivity contribution in [2.45, 2.75) is 19.9 Å². The Morgan fingerprint density at radius 2 is 2.20 bits per heavy atom. The van der Waals surface area contributed by atoms with Crippen molar-refractivity contribution in [3.8, 4) is 0 Å². The molecule has 0 heterocycles. The summed E-state index contributed by atoms with van der Waals surface area (Å²) in [6.45, 7) is 7.82. The fraction of sp³-hybridized carbons (Fsp3) is 0.571. The molecule has 0 aliphatic carbocycles. The van der Waals surface area contributed by atoms with Gasteiger partial charge in [-0.2, -0.15) is 0 Å². The van der Waals surface area contributed by atoms with Gasteiger partial charge in [-0.3, -0.25) is 4.99 Å². The molecule has 58 valence electrons. The van der Waals surface area contributed by atoms with E-state index in [-0.39, 0.29) is 0 Å². The molecule has 0 rings (SSSR count). The summed E-state index contributed by atoms with van der Waals surface area (Å²) in [6, 6.07) is 0.399. The molecule has 2 nitrogen and oxygen atoms in total. The molecule has 0 radical (unpaired) electrons. The second kappa shape index (κ2) is 4.50. The highest BCUT2D eigenvalue weighted by Crippen LogP contribution is 2.04. The van der Waals surface area contributed by atoms with Crippen molar-refractivity contribution in [1.29, 1.82) is 0 Å². The van der Waals surface area contributed by atoms with Gasteiger partial charge in [-0.15, -0.1) is 0 Å². The van der Waals surface area contributed by atoms with Crippen molar-refractivity contribution in [2.24, 2.45) is 4.99 Å². The van der Waals surface area contributed by atoms with Gasteiger partial charge >= 0.3 is 0 Å². The molecule has 0 aromatic carbocycles. The molecule has 0 N–H and O–H groups in total. The van der Waals surface area contributed by atoms with Crippen LogP contribution in [0.25, 0.3) is 0 Å². The van der Waals surface area contributed by atoms with Gasteiger partial charge in [0.15, 0.2) is 4.74 Å². The second-order valence-electron chi connectivity index (χ2n) is 2.18. The summed E-state index contributed by atoms with van der Waals surface area (Å²) in [7, 11) is 1.74. The summed E-state index contributed by atoms with van der Waals surface area (Å²) < 4.78 is 0.817. The van der Waals surface area contributed by atoms with Crippen LogP contribution in [0, 0.1) is 0 Å². The molecule has 0 bridgehead atoms. The molecule has 0 saturated heterocycles. The summed E-state index contributed by atoms with van der Waals surface area (Å²) in [5, 5.41) is 0. The van der Waals surface area contributed by atoms with Gasteiger partial charge in [0, 0.05) is 13.1 Å². The van der Waals surface area contributed by atoms with Crippen LogP contribution in [0.4, 0.5) is 0 Å². The minimum atomic E-state index is 0.399. The van der Waals surface area contributed by atoms with Crippen LogP contribution in [0.15, 0.2) is 17.8 Å². The number of rotatable bonds is 2. The molecule has 0 aliphatic heterocycles. The summed E-state index contributed by atoms with van der Waals surface area (Å²) in [4.78, 5) is 5.91. The SMILES string of the molecule is C=CN(/C(Br)=N\C)C(C)C. The number of nitrogens with zero attached hydrogens (tertiary/aromatic N) is 2. The topological polar surface area (TPSA) is 15.6 Å². The normalized spacial score (nSPS) is 11.9. The average Bonchev–Trinajstić information content (AvgIpc) is 1.88. The fourth-order valence-corrected chi connectivity index (χ4v) is 1.17. The molecular formula is C7H13BrN2. The molecule has 0 aromatic rings. The van der Waals surface area contributed by atoms with E-state index in [1.165, 1.54) is 0 Å². The third-order valence-corrected chi connectivity index (χ3v) is 1.91. The van der Waals surface area contributed by atoms with Crippen LogP contribution >= 0.6 is 15.9 Å². The standard InChI is InChI=1S/C7H13BrN2/c1-5-10(6(2)3)7(8)9-4/h5-6H,1H2,2-4H3/b9-7-. The van der Waals surface area contributed by atoms with Crippen LogP contribution in [0.5, 0.6) is 0 Å². The lowest BCUT2D eigenvalue weighted by Crippen LogP contribution is -2.27. The lowest BCUT2D eigenvalue weighted by atomic mass is 10.4. The molecule has 0 saturated carbocycles. The van der Waals surface area contributed by atoms with Gasteiger partial charge in [-0.25, -0.2) is 0 Å². The maximum absolute atomic E-state index is 3.97. The van der Waals surface area contributed by atoms with Crippen molar-refractivity contribution < 1.29 is 0 Å². The smallest absolute Gasteiger partial charge is 0.172 e. The first-order valence-electron chi connectivity index (χ1n) is 3.16. The van der Waals surface area contributed by atoms with E-state index in [0.29, 0.717) is 6.04 Å².